The van der Waals surface area contributed by atoms with Gasteiger partial charge in [0.2, 0.25) is 0 Å². The summed E-state index contributed by atoms with van der Waals surface area (Å²) in [6, 6.07) is 7.54. The van der Waals surface area contributed by atoms with Crippen LogP contribution in [0.3, 0.4) is 0 Å². The van der Waals surface area contributed by atoms with Crippen LogP contribution in [0.5, 0.6) is 0 Å². The molecule has 0 unspecified atom stereocenters. The summed E-state index contributed by atoms with van der Waals surface area (Å²) in [6.45, 7) is 0.586. The van der Waals surface area contributed by atoms with Crippen LogP contribution in [-0.4, -0.2) is 21.2 Å². The first-order chi connectivity index (χ1) is 6.51. The van der Waals surface area contributed by atoms with E-state index in [1.807, 2.05) is 24.3 Å². The molecule has 0 aliphatic rings. The van der Waals surface area contributed by atoms with Crippen LogP contribution in [0.4, 0.5) is 0 Å². The average molecular weight is 213 g/mol. The summed E-state index contributed by atoms with van der Waals surface area (Å²) in [5.41, 5.74) is 7.34. The second-order valence-electron chi connectivity index (χ2n) is 3.43. The van der Waals surface area contributed by atoms with Crippen LogP contribution in [0.15, 0.2) is 24.3 Å². The third kappa shape index (κ3) is 3.89. The first kappa shape index (κ1) is 11.2. The van der Waals surface area contributed by atoms with Gasteiger partial charge in [-0.25, -0.2) is 8.42 Å². The van der Waals surface area contributed by atoms with E-state index in [0.717, 1.165) is 17.5 Å². The van der Waals surface area contributed by atoms with Gasteiger partial charge in [-0.05, 0) is 24.1 Å². The van der Waals surface area contributed by atoms with E-state index in [1.54, 1.807) is 0 Å². The Morgan fingerprint density at radius 2 is 1.93 bits per heavy atom. The van der Waals surface area contributed by atoms with Gasteiger partial charge in [0.1, 0.15) is 0 Å². The maximum Gasteiger partial charge on any atom is 0.151 e. The van der Waals surface area contributed by atoms with Crippen LogP contribution in [-0.2, 0) is 22.0 Å². The van der Waals surface area contributed by atoms with E-state index in [-0.39, 0.29) is 5.75 Å². The van der Waals surface area contributed by atoms with E-state index in [9.17, 15) is 8.42 Å². The number of hydrogen-bond donors (Lipinski definition) is 1. The molecule has 1 aromatic rings. The second-order valence-corrected chi connectivity index (χ2v) is 5.57. The SMILES string of the molecule is CS(=O)(=O)Cc1cccc(CCN)c1. The fourth-order valence-electron chi connectivity index (χ4n) is 1.34. The maximum absolute atomic E-state index is 11.0. The first-order valence-corrected chi connectivity index (χ1v) is 6.53. The monoisotopic (exact) mass is 213 g/mol. The van der Waals surface area contributed by atoms with Crippen molar-refractivity contribution in [2.75, 3.05) is 12.8 Å². The molecule has 0 saturated carbocycles. The lowest BCUT2D eigenvalue weighted by Gasteiger charge is -2.02. The van der Waals surface area contributed by atoms with Crippen LogP contribution in [0.1, 0.15) is 11.1 Å². The molecule has 0 radical (unpaired) electrons. The Morgan fingerprint density at radius 1 is 1.29 bits per heavy atom. The molecule has 1 aromatic carbocycles. The van der Waals surface area contributed by atoms with Crippen LogP contribution in [0.25, 0.3) is 0 Å². The summed E-state index contributed by atoms with van der Waals surface area (Å²) in [5, 5.41) is 0. The molecular formula is C10H15NO2S. The number of sulfone groups is 1. The van der Waals surface area contributed by atoms with Gasteiger partial charge in [0, 0.05) is 6.26 Å². The summed E-state index contributed by atoms with van der Waals surface area (Å²) in [4.78, 5) is 0. The van der Waals surface area contributed by atoms with E-state index in [2.05, 4.69) is 0 Å². The van der Waals surface area contributed by atoms with E-state index >= 15 is 0 Å². The molecule has 0 bridgehead atoms. The molecule has 0 spiro atoms. The minimum Gasteiger partial charge on any atom is -0.330 e. The lowest BCUT2D eigenvalue weighted by Crippen LogP contribution is -2.04. The Labute approximate surface area is 84.9 Å². The lowest BCUT2D eigenvalue weighted by molar-refractivity contribution is 0.601. The highest BCUT2D eigenvalue weighted by Gasteiger charge is 2.04. The first-order valence-electron chi connectivity index (χ1n) is 4.47. The summed E-state index contributed by atoms with van der Waals surface area (Å²) in [6.07, 6.45) is 2.03. The second kappa shape index (κ2) is 4.57. The van der Waals surface area contributed by atoms with Crippen molar-refractivity contribution in [3.8, 4) is 0 Å². The molecule has 2 N–H and O–H groups in total. The van der Waals surface area contributed by atoms with E-state index in [1.165, 1.54) is 6.26 Å². The molecule has 0 aromatic heterocycles. The lowest BCUT2D eigenvalue weighted by atomic mass is 10.1. The quantitative estimate of drug-likeness (QED) is 0.802. The van der Waals surface area contributed by atoms with Gasteiger partial charge >= 0.3 is 0 Å². The van der Waals surface area contributed by atoms with Gasteiger partial charge in [0.15, 0.2) is 9.84 Å². The van der Waals surface area contributed by atoms with Gasteiger partial charge in [-0.2, -0.15) is 0 Å². The van der Waals surface area contributed by atoms with Crippen LogP contribution in [0, 0.1) is 0 Å². The third-order valence-electron chi connectivity index (χ3n) is 1.85. The van der Waals surface area contributed by atoms with E-state index in [0.29, 0.717) is 6.54 Å². The molecule has 0 atom stereocenters. The predicted octanol–water partition coefficient (Wildman–Crippen LogP) is 0.732. The number of rotatable bonds is 4. The molecular weight excluding hydrogens is 198 g/mol. The third-order valence-corrected chi connectivity index (χ3v) is 2.71. The van der Waals surface area contributed by atoms with E-state index < -0.39 is 9.84 Å². The van der Waals surface area contributed by atoms with Gasteiger partial charge < -0.3 is 5.73 Å². The number of benzene rings is 1. The fraction of sp³-hybridized carbons (Fsp3) is 0.400. The highest BCUT2D eigenvalue weighted by molar-refractivity contribution is 7.89. The highest BCUT2D eigenvalue weighted by atomic mass is 32.2. The summed E-state index contributed by atoms with van der Waals surface area (Å²) in [7, 11) is -2.94. The van der Waals surface area contributed by atoms with Gasteiger partial charge in [0.25, 0.3) is 0 Å². The van der Waals surface area contributed by atoms with Crippen molar-refractivity contribution < 1.29 is 8.42 Å². The summed E-state index contributed by atoms with van der Waals surface area (Å²) >= 11 is 0. The molecule has 0 fully saturated rings. The number of nitrogens with two attached hydrogens (primary N) is 1. The normalized spacial score (nSPS) is 11.6. The smallest absolute Gasteiger partial charge is 0.151 e. The largest absolute Gasteiger partial charge is 0.330 e. The van der Waals surface area contributed by atoms with Crippen LogP contribution < -0.4 is 5.73 Å². The molecule has 0 aliphatic carbocycles. The molecule has 78 valence electrons. The molecule has 4 heteroatoms. The molecule has 3 nitrogen and oxygen atoms in total. The zero-order valence-electron chi connectivity index (χ0n) is 8.23. The summed E-state index contributed by atoms with van der Waals surface area (Å²) in [5.74, 6) is 0.103. The predicted molar refractivity (Wildman–Crippen MR) is 57.7 cm³/mol. The van der Waals surface area contributed by atoms with E-state index in [4.69, 9.17) is 5.73 Å². The zero-order chi connectivity index (χ0) is 10.6. The average Bonchev–Trinajstić information content (AvgIpc) is 2.02. The molecule has 0 saturated heterocycles. The summed E-state index contributed by atoms with van der Waals surface area (Å²) < 4.78 is 22.1. The highest BCUT2D eigenvalue weighted by Crippen LogP contribution is 2.08. The van der Waals surface area contributed by atoms with Gasteiger partial charge in [-0.3, -0.25) is 0 Å². The van der Waals surface area contributed by atoms with Crippen molar-refractivity contribution in [3.05, 3.63) is 35.4 Å². The Balaban J connectivity index is 2.83. The Hall–Kier alpha value is -0.870. The van der Waals surface area contributed by atoms with Gasteiger partial charge in [-0.1, -0.05) is 24.3 Å². The Kier molecular flexibility index (Phi) is 3.66. The van der Waals surface area contributed by atoms with Crippen LogP contribution >= 0.6 is 0 Å². The molecule has 14 heavy (non-hydrogen) atoms. The van der Waals surface area contributed by atoms with Crippen molar-refractivity contribution in [1.29, 1.82) is 0 Å². The van der Waals surface area contributed by atoms with Crippen LogP contribution in [0.2, 0.25) is 0 Å². The molecule has 0 heterocycles. The number of hydrogen-bond acceptors (Lipinski definition) is 3. The van der Waals surface area contributed by atoms with Crippen molar-refractivity contribution >= 4 is 9.84 Å². The standard InChI is InChI=1S/C10H15NO2S/c1-14(12,13)8-10-4-2-3-9(7-10)5-6-11/h2-4,7H,5-6,8,11H2,1H3. The Bertz CT molecular complexity index is 398. The van der Waals surface area contributed by atoms with Crippen molar-refractivity contribution in [2.45, 2.75) is 12.2 Å². The van der Waals surface area contributed by atoms with Gasteiger partial charge in [0.05, 0.1) is 5.75 Å². The van der Waals surface area contributed by atoms with Gasteiger partial charge in [-0.15, -0.1) is 0 Å². The van der Waals surface area contributed by atoms with Crippen molar-refractivity contribution in [1.82, 2.24) is 0 Å². The fourth-order valence-corrected chi connectivity index (χ4v) is 2.13. The van der Waals surface area contributed by atoms with Crippen molar-refractivity contribution in [3.63, 3.8) is 0 Å². The molecule has 0 amide bonds. The topological polar surface area (TPSA) is 60.2 Å². The zero-order valence-corrected chi connectivity index (χ0v) is 9.05. The minimum atomic E-state index is -2.94. The minimum absolute atomic E-state index is 0.103. The Morgan fingerprint density at radius 3 is 2.50 bits per heavy atom. The molecule has 1 rings (SSSR count). The molecule has 0 aliphatic heterocycles. The maximum atomic E-state index is 11.0. The van der Waals surface area contributed by atoms with Crippen molar-refractivity contribution in [2.24, 2.45) is 5.73 Å².